The number of pyridine rings is 1. The van der Waals surface area contributed by atoms with Gasteiger partial charge in [-0.2, -0.15) is 4.98 Å². The first-order valence-electron chi connectivity index (χ1n) is 8.31. The summed E-state index contributed by atoms with van der Waals surface area (Å²) in [6.07, 6.45) is 7.29. The van der Waals surface area contributed by atoms with Gasteiger partial charge in [-0.1, -0.05) is 24.1 Å². The molecule has 0 aromatic carbocycles. The van der Waals surface area contributed by atoms with Crippen molar-refractivity contribution in [3.05, 3.63) is 30.3 Å². The third-order valence-electron chi connectivity index (χ3n) is 4.34. The van der Waals surface area contributed by atoms with E-state index in [0.717, 1.165) is 19.4 Å². The molecule has 2 heterocycles. The molecule has 0 bridgehead atoms. The number of rotatable bonds is 6. The van der Waals surface area contributed by atoms with E-state index in [2.05, 4.69) is 15.1 Å². The Morgan fingerprint density at radius 1 is 1.35 bits per heavy atom. The van der Waals surface area contributed by atoms with Crippen LogP contribution in [0.2, 0.25) is 0 Å². The standard InChI is InChI=1S/C17H22N4O2/c1-2-21(13-7-3-4-8-13)16(22)11-10-15-19-17(20-23-15)14-9-5-6-12-18-14/h5-6,9,12-13H,2-4,7-8,10-11H2,1H3. The number of nitrogens with zero attached hydrogens (tertiary/aromatic N) is 4. The van der Waals surface area contributed by atoms with Crippen LogP contribution in [-0.4, -0.2) is 38.5 Å². The Hall–Kier alpha value is -2.24. The lowest BCUT2D eigenvalue weighted by Gasteiger charge is -2.27. The number of hydrogen-bond acceptors (Lipinski definition) is 5. The van der Waals surface area contributed by atoms with E-state index < -0.39 is 0 Å². The molecule has 122 valence electrons. The van der Waals surface area contributed by atoms with Gasteiger partial charge in [-0.3, -0.25) is 9.78 Å². The monoisotopic (exact) mass is 314 g/mol. The molecular weight excluding hydrogens is 292 g/mol. The minimum atomic E-state index is 0.178. The van der Waals surface area contributed by atoms with Crippen molar-refractivity contribution in [3.63, 3.8) is 0 Å². The van der Waals surface area contributed by atoms with Crippen LogP contribution in [0.15, 0.2) is 28.9 Å². The maximum absolute atomic E-state index is 12.4. The topological polar surface area (TPSA) is 72.1 Å². The van der Waals surface area contributed by atoms with Crippen molar-refractivity contribution in [1.29, 1.82) is 0 Å². The fourth-order valence-electron chi connectivity index (χ4n) is 3.17. The van der Waals surface area contributed by atoms with Gasteiger partial charge in [0.15, 0.2) is 0 Å². The molecular formula is C17H22N4O2. The molecule has 1 amide bonds. The molecule has 1 aliphatic rings. The average molecular weight is 314 g/mol. The molecule has 1 fully saturated rings. The summed E-state index contributed by atoms with van der Waals surface area (Å²) in [6.45, 7) is 2.81. The molecule has 3 rings (SSSR count). The van der Waals surface area contributed by atoms with E-state index in [4.69, 9.17) is 4.52 Å². The molecule has 6 heteroatoms. The summed E-state index contributed by atoms with van der Waals surface area (Å²) in [5.41, 5.74) is 0.676. The average Bonchev–Trinajstić information content (AvgIpc) is 3.26. The molecule has 1 aliphatic carbocycles. The Bertz CT molecular complexity index is 635. The fourth-order valence-corrected chi connectivity index (χ4v) is 3.17. The quantitative estimate of drug-likeness (QED) is 0.820. The lowest BCUT2D eigenvalue weighted by atomic mass is 10.2. The first kappa shape index (κ1) is 15.6. The number of hydrogen-bond donors (Lipinski definition) is 0. The van der Waals surface area contributed by atoms with Gasteiger partial charge in [0.05, 0.1) is 0 Å². The SMILES string of the molecule is CCN(C(=O)CCc1nc(-c2ccccn2)no1)C1CCCC1. The zero-order valence-electron chi connectivity index (χ0n) is 13.4. The number of aromatic nitrogens is 3. The van der Waals surface area contributed by atoms with Gasteiger partial charge in [-0.05, 0) is 31.9 Å². The molecule has 0 spiro atoms. The Kier molecular flexibility index (Phi) is 5.00. The van der Waals surface area contributed by atoms with Gasteiger partial charge in [-0.15, -0.1) is 0 Å². The first-order valence-corrected chi connectivity index (χ1v) is 8.31. The summed E-state index contributed by atoms with van der Waals surface area (Å²) >= 11 is 0. The van der Waals surface area contributed by atoms with Crippen LogP contribution in [-0.2, 0) is 11.2 Å². The molecule has 6 nitrogen and oxygen atoms in total. The minimum absolute atomic E-state index is 0.178. The second-order valence-electron chi connectivity index (χ2n) is 5.84. The number of amides is 1. The zero-order chi connectivity index (χ0) is 16.1. The summed E-state index contributed by atoms with van der Waals surface area (Å²) in [5.74, 6) is 1.13. The zero-order valence-corrected chi connectivity index (χ0v) is 13.4. The van der Waals surface area contributed by atoms with Crippen molar-refractivity contribution in [3.8, 4) is 11.5 Å². The van der Waals surface area contributed by atoms with Gasteiger partial charge in [0.25, 0.3) is 0 Å². The Labute approximate surface area is 135 Å². The maximum Gasteiger partial charge on any atom is 0.227 e. The molecule has 0 radical (unpaired) electrons. The normalized spacial score (nSPS) is 15.0. The molecule has 2 aromatic heterocycles. The van der Waals surface area contributed by atoms with Crippen LogP contribution < -0.4 is 0 Å². The van der Waals surface area contributed by atoms with Crippen LogP contribution in [0.5, 0.6) is 0 Å². The van der Waals surface area contributed by atoms with Crippen LogP contribution in [0.1, 0.15) is 44.9 Å². The van der Waals surface area contributed by atoms with Gasteiger partial charge in [0.2, 0.25) is 17.6 Å². The Morgan fingerprint density at radius 2 is 2.17 bits per heavy atom. The molecule has 0 saturated heterocycles. The second kappa shape index (κ2) is 7.35. The van der Waals surface area contributed by atoms with Crippen molar-refractivity contribution >= 4 is 5.91 Å². The summed E-state index contributed by atoms with van der Waals surface area (Å²) in [6, 6.07) is 5.96. The number of carbonyl (C=O) groups is 1. The summed E-state index contributed by atoms with van der Waals surface area (Å²) < 4.78 is 5.24. The van der Waals surface area contributed by atoms with Crippen molar-refractivity contribution in [2.75, 3.05) is 6.54 Å². The highest BCUT2D eigenvalue weighted by Crippen LogP contribution is 2.24. The predicted octanol–water partition coefficient (Wildman–Crippen LogP) is 2.86. The van der Waals surface area contributed by atoms with Crippen molar-refractivity contribution in [2.45, 2.75) is 51.5 Å². The molecule has 0 atom stereocenters. The third kappa shape index (κ3) is 3.75. The fraction of sp³-hybridized carbons (Fsp3) is 0.529. The van der Waals surface area contributed by atoms with Crippen molar-refractivity contribution in [2.24, 2.45) is 0 Å². The van der Waals surface area contributed by atoms with Crippen LogP contribution in [0.25, 0.3) is 11.5 Å². The van der Waals surface area contributed by atoms with E-state index in [1.54, 1.807) is 6.20 Å². The smallest absolute Gasteiger partial charge is 0.227 e. The van der Waals surface area contributed by atoms with Crippen LogP contribution in [0.3, 0.4) is 0 Å². The highest BCUT2D eigenvalue weighted by Gasteiger charge is 2.25. The minimum Gasteiger partial charge on any atom is -0.340 e. The lowest BCUT2D eigenvalue weighted by molar-refractivity contribution is -0.133. The van der Waals surface area contributed by atoms with Crippen LogP contribution >= 0.6 is 0 Å². The van der Waals surface area contributed by atoms with E-state index in [-0.39, 0.29) is 5.91 Å². The van der Waals surface area contributed by atoms with Gasteiger partial charge >= 0.3 is 0 Å². The molecule has 0 aliphatic heterocycles. The van der Waals surface area contributed by atoms with E-state index in [1.807, 2.05) is 30.0 Å². The Balaban J connectivity index is 1.57. The van der Waals surface area contributed by atoms with Crippen molar-refractivity contribution < 1.29 is 9.32 Å². The molecule has 0 unspecified atom stereocenters. The van der Waals surface area contributed by atoms with Gasteiger partial charge in [0.1, 0.15) is 5.69 Å². The van der Waals surface area contributed by atoms with Gasteiger partial charge in [0, 0.05) is 31.6 Å². The van der Waals surface area contributed by atoms with Crippen LogP contribution in [0.4, 0.5) is 0 Å². The molecule has 0 N–H and O–H groups in total. The molecule has 1 saturated carbocycles. The highest BCUT2D eigenvalue weighted by molar-refractivity contribution is 5.76. The van der Waals surface area contributed by atoms with E-state index in [1.165, 1.54) is 12.8 Å². The first-order chi connectivity index (χ1) is 11.3. The largest absolute Gasteiger partial charge is 0.340 e. The molecule has 2 aromatic rings. The van der Waals surface area contributed by atoms with Gasteiger partial charge in [-0.25, -0.2) is 0 Å². The molecule has 23 heavy (non-hydrogen) atoms. The third-order valence-corrected chi connectivity index (χ3v) is 4.34. The summed E-state index contributed by atoms with van der Waals surface area (Å²) in [7, 11) is 0. The van der Waals surface area contributed by atoms with E-state index >= 15 is 0 Å². The summed E-state index contributed by atoms with van der Waals surface area (Å²) in [4.78, 5) is 23.0. The Morgan fingerprint density at radius 3 is 2.87 bits per heavy atom. The second-order valence-corrected chi connectivity index (χ2v) is 5.84. The van der Waals surface area contributed by atoms with E-state index in [9.17, 15) is 4.79 Å². The maximum atomic E-state index is 12.4. The predicted molar refractivity (Wildman–Crippen MR) is 85.5 cm³/mol. The summed E-state index contributed by atoms with van der Waals surface area (Å²) in [5, 5.41) is 3.93. The van der Waals surface area contributed by atoms with E-state index in [0.29, 0.717) is 36.3 Å². The lowest BCUT2D eigenvalue weighted by Crippen LogP contribution is -2.38. The number of aryl methyl sites for hydroxylation is 1. The van der Waals surface area contributed by atoms with Crippen molar-refractivity contribution in [1.82, 2.24) is 20.0 Å². The highest BCUT2D eigenvalue weighted by atomic mass is 16.5. The number of carbonyl (C=O) groups excluding carboxylic acids is 1. The van der Waals surface area contributed by atoms with Gasteiger partial charge < -0.3 is 9.42 Å². The van der Waals surface area contributed by atoms with Crippen LogP contribution in [0, 0.1) is 0 Å².